The molecule has 0 aliphatic rings. The monoisotopic (exact) mass is 127 g/mol. The molecule has 2 nitrogen and oxygen atoms in total. The molecule has 0 rings (SSSR count). The zero-order chi connectivity index (χ0) is 7.11. The van der Waals surface area contributed by atoms with Crippen molar-refractivity contribution in [1.82, 2.24) is 0 Å². The third kappa shape index (κ3) is 5.24. The van der Waals surface area contributed by atoms with E-state index in [2.05, 4.69) is 0 Å². The van der Waals surface area contributed by atoms with Crippen LogP contribution in [-0.2, 0) is 9.53 Å². The van der Waals surface area contributed by atoms with E-state index in [1.165, 1.54) is 6.08 Å². The fraction of sp³-hybridized carbons (Fsp3) is 0.571. The molecule has 9 heavy (non-hydrogen) atoms. The second kappa shape index (κ2) is 5.51. The molecule has 0 amide bonds. The highest BCUT2D eigenvalue weighted by Crippen LogP contribution is 1.96. The van der Waals surface area contributed by atoms with Crippen LogP contribution in [0.15, 0.2) is 11.6 Å². The van der Waals surface area contributed by atoms with Gasteiger partial charge in [-0.05, 0) is 19.4 Å². The molecule has 2 heteroatoms. The minimum atomic E-state index is 0.671. The van der Waals surface area contributed by atoms with Crippen LogP contribution < -0.4 is 0 Å². The van der Waals surface area contributed by atoms with Gasteiger partial charge in [0.2, 0.25) is 6.29 Å². The number of allylic oxidation sites excluding steroid dienone is 1. The molecule has 0 N–H and O–H groups in total. The number of methoxy groups -OCH3 is 1. The number of hydrogen-bond acceptors (Lipinski definition) is 2. The Morgan fingerprint density at radius 3 is 2.89 bits per heavy atom. The van der Waals surface area contributed by atoms with Crippen LogP contribution in [0.25, 0.3) is 0 Å². The van der Waals surface area contributed by atoms with Crippen molar-refractivity contribution in [3.63, 3.8) is 0 Å². The molecule has 0 aliphatic carbocycles. The zero-order valence-electron chi connectivity index (χ0n) is 5.81. The van der Waals surface area contributed by atoms with E-state index in [0.717, 1.165) is 12.0 Å². The number of carbonyl (C=O) groups excluding carboxylic acids is 1. The molecule has 0 aromatic heterocycles. The highest BCUT2D eigenvalue weighted by molar-refractivity contribution is 5.66. The average molecular weight is 127 g/mol. The summed E-state index contributed by atoms with van der Waals surface area (Å²) in [4.78, 5) is 9.74. The number of hydrogen-bond donors (Lipinski definition) is 0. The van der Waals surface area contributed by atoms with E-state index in [-0.39, 0.29) is 0 Å². The minimum absolute atomic E-state index is 0.671. The minimum Gasteiger partial charge on any atom is -0.384 e. The summed E-state index contributed by atoms with van der Waals surface area (Å²) in [5.41, 5.74) is 1.01. The number of rotatable bonds is 4. The Morgan fingerprint density at radius 2 is 2.44 bits per heavy atom. The fourth-order valence-electron chi connectivity index (χ4n) is 0.436. The Balaban J connectivity index is 3.36. The lowest BCUT2D eigenvalue weighted by Gasteiger charge is -1.95. The van der Waals surface area contributed by atoms with E-state index in [1.54, 1.807) is 13.4 Å². The van der Waals surface area contributed by atoms with Crippen molar-refractivity contribution in [2.45, 2.75) is 13.3 Å². The summed E-state index contributed by atoms with van der Waals surface area (Å²) in [6.07, 6.45) is 3.95. The molecule has 1 radical (unpaired) electrons. The first kappa shape index (κ1) is 8.37. The maximum absolute atomic E-state index is 9.74. The molecule has 0 fully saturated rings. The Morgan fingerprint density at radius 1 is 1.78 bits per heavy atom. The van der Waals surface area contributed by atoms with E-state index < -0.39 is 0 Å². The Labute approximate surface area is 55.5 Å². The van der Waals surface area contributed by atoms with E-state index in [4.69, 9.17) is 4.74 Å². The van der Waals surface area contributed by atoms with E-state index in [9.17, 15) is 4.79 Å². The van der Waals surface area contributed by atoms with E-state index in [0.29, 0.717) is 6.61 Å². The first-order chi connectivity index (χ1) is 4.31. The second-order valence-corrected chi connectivity index (χ2v) is 1.85. The molecule has 0 unspecified atom stereocenters. The van der Waals surface area contributed by atoms with Gasteiger partial charge in [-0.3, -0.25) is 4.79 Å². The Bertz CT molecular complexity index is 105. The van der Waals surface area contributed by atoms with Crippen molar-refractivity contribution in [3.8, 4) is 0 Å². The van der Waals surface area contributed by atoms with Gasteiger partial charge in [-0.1, -0.05) is 5.57 Å². The van der Waals surface area contributed by atoms with E-state index in [1.807, 2.05) is 6.92 Å². The SMILES string of the molecule is COCCC(C)=C[C]=O. The van der Waals surface area contributed by atoms with Crippen LogP contribution in [0.4, 0.5) is 0 Å². The standard InChI is InChI=1S/C7H11O2/c1-7(3-5-8)4-6-9-2/h3H,4,6H2,1-2H3. The van der Waals surface area contributed by atoms with Gasteiger partial charge in [0.25, 0.3) is 0 Å². The molecule has 0 atom stereocenters. The maximum atomic E-state index is 9.74. The van der Waals surface area contributed by atoms with Crippen LogP contribution in [0, 0.1) is 0 Å². The molecule has 0 bridgehead atoms. The predicted molar refractivity (Wildman–Crippen MR) is 35.9 cm³/mol. The molecule has 51 valence electrons. The summed E-state index contributed by atoms with van der Waals surface area (Å²) in [5, 5.41) is 0. The molecular weight excluding hydrogens is 116 g/mol. The van der Waals surface area contributed by atoms with E-state index >= 15 is 0 Å². The van der Waals surface area contributed by atoms with Gasteiger partial charge in [0, 0.05) is 13.7 Å². The molecule has 0 aromatic carbocycles. The molecule has 0 aliphatic heterocycles. The van der Waals surface area contributed by atoms with Crippen molar-refractivity contribution < 1.29 is 9.53 Å². The predicted octanol–water partition coefficient (Wildman–Crippen LogP) is 1.08. The van der Waals surface area contributed by atoms with Crippen molar-refractivity contribution >= 4 is 6.29 Å². The lowest BCUT2D eigenvalue weighted by atomic mass is 10.2. The van der Waals surface area contributed by atoms with Gasteiger partial charge >= 0.3 is 0 Å². The van der Waals surface area contributed by atoms with Gasteiger partial charge in [0.05, 0.1) is 0 Å². The normalized spacial score (nSPS) is 11.6. The van der Waals surface area contributed by atoms with Crippen LogP contribution in [0.1, 0.15) is 13.3 Å². The maximum Gasteiger partial charge on any atom is 0.225 e. The van der Waals surface area contributed by atoms with Crippen molar-refractivity contribution in [1.29, 1.82) is 0 Å². The summed E-state index contributed by atoms with van der Waals surface area (Å²) in [5.74, 6) is 0. The first-order valence-corrected chi connectivity index (χ1v) is 2.83. The lowest BCUT2D eigenvalue weighted by Crippen LogP contribution is -1.88. The summed E-state index contributed by atoms with van der Waals surface area (Å²) < 4.78 is 4.79. The summed E-state index contributed by atoms with van der Waals surface area (Å²) in [6.45, 7) is 2.55. The fourth-order valence-corrected chi connectivity index (χ4v) is 0.436. The highest BCUT2D eigenvalue weighted by atomic mass is 16.5. The highest BCUT2D eigenvalue weighted by Gasteiger charge is 1.86. The van der Waals surface area contributed by atoms with Crippen LogP contribution in [0.2, 0.25) is 0 Å². The van der Waals surface area contributed by atoms with Crippen molar-refractivity contribution in [2.24, 2.45) is 0 Å². The van der Waals surface area contributed by atoms with Gasteiger partial charge in [0.1, 0.15) is 0 Å². The van der Waals surface area contributed by atoms with Crippen molar-refractivity contribution in [3.05, 3.63) is 11.6 Å². The zero-order valence-corrected chi connectivity index (χ0v) is 5.81. The van der Waals surface area contributed by atoms with Gasteiger partial charge in [0.15, 0.2) is 0 Å². The molecule has 0 aromatic rings. The van der Waals surface area contributed by atoms with Crippen LogP contribution >= 0.6 is 0 Å². The Kier molecular flexibility index (Phi) is 5.12. The molecule has 0 saturated heterocycles. The smallest absolute Gasteiger partial charge is 0.225 e. The van der Waals surface area contributed by atoms with Crippen LogP contribution in [0.3, 0.4) is 0 Å². The van der Waals surface area contributed by atoms with Gasteiger partial charge in [-0.25, -0.2) is 0 Å². The second-order valence-electron chi connectivity index (χ2n) is 1.85. The topological polar surface area (TPSA) is 26.3 Å². The summed E-state index contributed by atoms with van der Waals surface area (Å²) >= 11 is 0. The van der Waals surface area contributed by atoms with Gasteiger partial charge in [-0.2, -0.15) is 0 Å². The summed E-state index contributed by atoms with van der Waals surface area (Å²) in [6, 6.07) is 0. The Hall–Kier alpha value is -0.630. The molecule has 0 saturated carbocycles. The van der Waals surface area contributed by atoms with Crippen LogP contribution in [-0.4, -0.2) is 20.0 Å². The largest absolute Gasteiger partial charge is 0.384 e. The molecular formula is C7H11O2. The summed E-state index contributed by atoms with van der Waals surface area (Å²) in [7, 11) is 1.64. The van der Waals surface area contributed by atoms with Gasteiger partial charge in [-0.15, -0.1) is 0 Å². The number of ether oxygens (including phenoxy) is 1. The third-order valence-corrected chi connectivity index (χ3v) is 1.01. The van der Waals surface area contributed by atoms with Gasteiger partial charge < -0.3 is 4.74 Å². The van der Waals surface area contributed by atoms with Crippen molar-refractivity contribution in [2.75, 3.05) is 13.7 Å². The quantitative estimate of drug-likeness (QED) is 0.528. The first-order valence-electron chi connectivity index (χ1n) is 2.83. The van der Waals surface area contributed by atoms with Crippen LogP contribution in [0.5, 0.6) is 0 Å². The molecule has 0 spiro atoms. The molecule has 0 heterocycles. The average Bonchev–Trinajstić information content (AvgIpc) is 1.85. The third-order valence-electron chi connectivity index (χ3n) is 1.01. The lowest BCUT2D eigenvalue weighted by molar-refractivity contribution is 0.202.